The summed E-state index contributed by atoms with van der Waals surface area (Å²) in [5, 5.41) is 0. The highest BCUT2D eigenvalue weighted by molar-refractivity contribution is 5.98. The van der Waals surface area contributed by atoms with E-state index in [-0.39, 0.29) is 17.7 Å². The number of rotatable bonds is 12. The quantitative estimate of drug-likeness (QED) is 0.169. The van der Waals surface area contributed by atoms with Gasteiger partial charge in [-0.2, -0.15) is 13.7 Å². The highest BCUT2D eigenvalue weighted by atomic mass is 16.2. The fraction of sp³-hybridized carbons (Fsp3) is 0.357. The van der Waals surface area contributed by atoms with E-state index in [1.165, 1.54) is 0 Å². The molecule has 15 nitrogen and oxygen atoms in total. The Hall–Kier alpha value is -6.51. The largest absolute Gasteiger partial charge is 0.368 e. The number of aromatic nitrogens is 3. The lowest BCUT2D eigenvalue weighted by Gasteiger charge is -2.21. The van der Waals surface area contributed by atoms with Gasteiger partial charge in [-0.1, -0.05) is 0 Å². The van der Waals surface area contributed by atoms with Crippen LogP contribution in [0.25, 0.3) is 0 Å². The molecule has 3 aliphatic rings. The van der Waals surface area contributed by atoms with Crippen molar-refractivity contribution >= 4 is 35.4 Å². The van der Waals surface area contributed by atoms with Gasteiger partial charge < -0.3 is 31.9 Å². The zero-order valence-corrected chi connectivity index (χ0v) is 31.7. The Morgan fingerprint density at radius 1 is 0.491 bits per heavy atom. The van der Waals surface area contributed by atoms with Crippen LogP contribution in [0.4, 0.5) is 0 Å². The molecule has 0 spiro atoms. The van der Waals surface area contributed by atoms with Crippen LogP contribution in [0.3, 0.4) is 0 Å². The third-order valence-corrected chi connectivity index (χ3v) is 11.0. The molecule has 3 fully saturated rings. The van der Waals surface area contributed by atoms with Crippen LogP contribution in [0.15, 0.2) is 91.8 Å². The molecule has 294 valence electrons. The molecule has 6 heterocycles. The number of likely N-dealkylation sites (tertiary alicyclic amines) is 3. The number of nitrogens with two attached hydrogens (primary N) is 3. The summed E-state index contributed by atoms with van der Waals surface area (Å²) >= 11 is 0. The Balaban J connectivity index is 1.17. The Kier molecular flexibility index (Phi) is 11.3. The van der Waals surface area contributed by atoms with Gasteiger partial charge in [-0.15, -0.1) is 0 Å². The number of carbonyl (C=O) groups excluding carboxylic acids is 6. The molecule has 15 heteroatoms. The first-order valence-electron chi connectivity index (χ1n) is 19.3. The standard InChI is InChI=1S/C42H45N9O6/c43-37(52)34-10-4-16-49(34)40(55)31-7-1-13-46(25-31)22-28-19-29(23-47-14-2-8-32(26-47)41(56)50-17-5-11-35(50)38(44)53)21-30(20-28)24-48-15-3-9-33(27-48)42(57)51-18-6-12-36(51)39(45)54/h1-3,7-9,13-15,19-21,25-27,34-36H,4-6,10-12,16-18,22-24H2,(H3-3,43,44,45,52,53,54)/p+3/t34-,35-,36+/m0/s1. The van der Waals surface area contributed by atoms with E-state index in [4.69, 9.17) is 17.2 Å². The summed E-state index contributed by atoms with van der Waals surface area (Å²) in [7, 11) is 0. The van der Waals surface area contributed by atoms with E-state index >= 15 is 0 Å². The minimum Gasteiger partial charge on any atom is -0.368 e. The van der Waals surface area contributed by atoms with Gasteiger partial charge in [-0.05, 0) is 74.9 Å². The molecule has 0 saturated carbocycles. The SMILES string of the molecule is NC(=O)[C@H]1CCCN1C(=O)c1ccc[n+](Cc2cc(C[n+]3cccc(C(=O)N4CCC[C@H]4C(N)=O)c3)cc(C[n+]3cccc(C(=O)N4CCC[C@H]4C(N)=O)c3)c2)c1. The zero-order valence-electron chi connectivity index (χ0n) is 31.7. The van der Waals surface area contributed by atoms with Gasteiger partial charge in [0.05, 0.1) is 0 Å². The van der Waals surface area contributed by atoms with E-state index < -0.39 is 35.8 Å². The summed E-state index contributed by atoms with van der Waals surface area (Å²) in [5.41, 5.74) is 21.0. The van der Waals surface area contributed by atoms with E-state index in [9.17, 15) is 28.8 Å². The molecule has 57 heavy (non-hydrogen) atoms. The van der Waals surface area contributed by atoms with E-state index in [1.807, 2.05) is 32.3 Å². The van der Waals surface area contributed by atoms with Gasteiger partial charge in [0.15, 0.2) is 56.8 Å². The van der Waals surface area contributed by atoms with Gasteiger partial charge in [-0.25, -0.2) is 0 Å². The number of hydrogen-bond donors (Lipinski definition) is 3. The number of nitrogens with zero attached hydrogens (tertiary/aromatic N) is 6. The predicted octanol–water partition coefficient (Wildman–Crippen LogP) is -0.0363. The molecule has 0 unspecified atom stereocenters. The first kappa shape index (κ1) is 38.8. The number of amides is 6. The Morgan fingerprint density at radius 2 is 0.772 bits per heavy atom. The van der Waals surface area contributed by atoms with E-state index in [1.54, 1.807) is 69.7 Å². The summed E-state index contributed by atoms with van der Waals surface area (Å²) in [6, 6.07) is 14.9. The fourth-order valence-electron chi connectivity index (χ4n) is 8.40. The third-order valence-electron chi connectivity index (χ3n) is 11.0. The van der Waals surface area contributed by atoms with Crippen LogP contribution in [0, 0.1) is 0 Å². The maximum atomic E-state index is 13.5. The monoisotopic (exact) mass is 774 g/mol. The molecule has 6 amide bonds. The summed E-state index contributed by atoms with van der Waals surface area (Å²) in [6.45, 7) is 2.65. The summed E-state index contributed by atoms with van der Waals surface area (Å²) in [6.07, 6.45) is 14.7. The van der Waals surface area contributed by atoms with E-state index in [0.717, 1.165) is 16.7 Å². The van der Waals surface area contributed by atoms with Gasteiger partial charge in [0.25, 0.3) is 17.7 Å². The summed E-state index contributed by atoms with van der Waals surface area (Å²) < 4.78 is 5.75. The van der Waals surface area contributed by atoms with Crippen molar-refractivity contribution in [1.29, 1.82) is 0 Å². The van der Waals surface area contributed by atoms with Crippen molar-refractivity contribution in [2.24, 2.45) is 17.2 Å². The molecule has 6 N–H and O–H groups in total. The van der Waals surface area contributed by atoms with Gasteiger partial charge in [-0.3, -0.25) is 28.8 Å². The van der Waals surface area contributed by atoms with Crippen LogP contribution in [0.1, 0.15) is 86.3 Å². The van der Waals surface area contributed by atoms with E-state index in [0.29, 0.717) is 94.5 Å². The van der Waals surface area contributed by atoms with Gasteiger partial charge in [0, 0.05) is 54.5 Å². The van der Waals surface area contributed by atoms with Crippen LogP contribution in [-0.4, -0.2) is 87.9 Å². The lowest BCUT2D eigenvalue weighted by Crippen LogP contribution is -2.45. The van der Waals surface area contributed by atoms with Gasteiger partial charge in [0.2, 0.25) is 17.7 Å². The zero-order chi connectivity index (χ0) is 40.2. The molecule has 0 aliphatic carbocycles. The molecule has 0 bridgehead atoms. The Morgan fingerprint density at radius 3 is 1.04 bits per heavy atom. The number of carbonyl (C=O) groups is 6. The predicted molar refractivity (Wildman–Crippen MR) is 203 cm³/mol. The maximum Gasteiger partial charge on any atom is 0.260 e. The fourth-order valence-corrected chi connectivity index (χ4v) is 8.40. The highest BCUT2D eigenvalue weighted by Crippen LogP contribution is 2.22. The molecule has 3 aliphatic heterocycles. The van der Waals surface area contributed by atoms with Crippen molar-refractivity contribution in [2.45, 2.75) is 76.3 Å². The van der Waals surface area contributed by atoms with Crippen molar-refractivity contribution in [2.75, 3.05) is 19.6 Å². The molecule has 7 rings (SSSR count). The van der Waals surface area contributed by atoms with Crippen molar-refractivity contribution in [3.63, 3.8) is 0 Å². The average molecular weight is 775 g/mol. The van der Waals surface area contributed by atoms with Crippen molar-refractivity contribution < 1.29 is 42.5 Å². The normalized spacial score (nSPS) is 19.2. The lowest BCUT2D eigenvalue weighted by atomic mass is 10.0. The third kappa shape index (κ3) is 8.67. The molecule has 3 saturated heterocycles. The molecule has 3 aromatic heterocycles. The first-order chi connectivity index (χ1) is 27.4. The molecule has 1 aromatic carbocycles. The maximum absolute atomic E-state index is 13.5. The van der Waals surface area contributed by atoms with Gasteiger partial charge >= 0.3 is 0 Å². The first-order valence-corrected chi connectivity index (χ1v) is 19.3. The molecular formula is C42H48N9O6+3. The second-order valence-corrected chi connectivity index (χ2v) is 15.1. The smallest absolute Gasteiger partial charge is 0.260 e. The minimum absolute atomic E-state index is 0.246. The van der Waals surface area contributed by atoms with Crippen LogP contribution in [0.5, 0.6) is 0 Å². The highest BCUT2D eigenvalue weighted by Gasteiger charge is 2.36. The average Bonchev–Trinajstić information content (AvgIpc) is 3.99. The van der Waals surface area contributed by atoms with Crippen molar-refractivity contribution in [3.8, 4) is 0 Å². The van der Waals surface area contributed by atoms with E-state index in [2.05, 4.69) is 18.2 Å². The summed E-state index contributed by atoms with van der Waals surface area (Å²) in [4.78, 5) is 81.2. The molecule has 0 radical (unpaired) electrons. The van der Waals surface area contributed by atoms with Crippen molar-refractivity contribution in [3.05, 3.63) is 125 Å². The second-order valence-electron chi connectivity index (χ2n) is 15.1. The van der Waals surface area contributed by atoms with Crippen LogP contribution in [0.2, 0.25) is 0 Å². The molecule has 3 atom stereocenters. The second kappa shape index (κ2) is 16.7. The van der Waals surface area contributed by atoms with Crippen molar-refractivity contribution in [1.82, 2.24) is 14.7 Å². The number of benzene rings is 1. The van der Waals surface area contributed by atoms with Crippen LogP contribution in [-0.2, 0) is 34.0 Å². The lowest BCUT2D eigenvalue weighted by molar-refractivity contribution is -0.690. The van der Waals surface area contributed by atoms with Crippen LogP contribution >= 0.6 is 0 Å². The van der Waals surface area contributed by atoms with Gasteiger partial charge in [0.1, 0.15) is 34.8 Å². The Labute approximate surface area is 330 Å². The number of hydrogen-bond acceptors (Lipinski definition) is 6. The van der Waals surface area contributed by atoms with Crippen LogP contribution < -0.4 is 30.9 Å². The number of pyridine rings is 3. The Bertz CT molecular complexity index is 1990. The minimum atomic E-state index is -0.622. The topological polar surface area (TPSA) is 202 Å². The molecule has 4 aromatic rings. The summed E-state index contributed by atoms with van der Waals surface area (Å²) in [5.74, 6) is -2.26. The number of primary amides is 3. The molecular weight excluding hydrogens is 727 g/mol.